The Morgan fingerprint density at radius 2 is 2.00 bits per heavy atom. The fraction of sp³-hybridized carbons (Fsp3) is 0.400. The second kappa shape index (κ2) is 4.70. The van der Waals surface area contributed by atoms with E-state index in [0.29, 0.717) is 0 Å². The van der Waals surface area contributed by atoms with E-state index >= 15 is 0 Å². The maximum absolute atomic E-state index is 5.42. The van der Waals surface area contributed by atoms with Crippen molar-refractivity contribution >= 4 is 22.6 Å². The van der Waals surface area contributed by atoms with E-state index < -0.39 is 0 Å². The van der Waals surface area contributed by atoms with Gasteiger partial charge in [0.1, 0.15) is 5.75 Å². The first kappa shape index (κ1) is 9.84. The lowest BCUT2D eigenvalue weighted by Gasteiger charge is -2.05. The van der Waals surface area contributed by atoms with Gasteiger partial charge < -0.3 is 4.74 Å². The van der Waals surface area contributed by atoms with Gasteiger partial charge in [-0.3, -0.25) is 0 Å². The van der Waals surface area contributed by atoms with Crippen LogP contribution in [-0.4, -0.2) is 6.61 Å². The minimum Gasteiger partial charge on any atom is -0.494 e. The van der Waals surface area contributed by atoms with Crippen LogP contribution in [0.5, 0.6) is 5.75 Å². The minimum atomic E-state index is 0.739. The number of rotatable bonds is 3. The maximum Gasteiger partial charge on any atom is 0.120 e. The lowest BCUT2D eigenvalue weighted by atomic mass is 10.2. The van der Waals surface area contributed by atoms with Gasteiger partial charge in [0.05, 0.1) is 6.61 Å². The molecule has 0 heterocycles. The maximum atomic E-state index is 5.42. The first-order valence-electron chi connectivity index (χ1n) is 4.18. The number of hydrogen-bond donors (Lipinski definition) is 0. The van der Waals surface area contributed by atoms with Crippen molar-refractivity contribution < 1.29 is 4.74 Å². The molecule has 0 atom stereocenters. The molecule has 1 aromatic carbocycles. The van der Waals surface area contributed by atoms with E-state index in [1.54, 1.807) is 0 Å². The Labute approximate surface area is 87.3 Å². The van der Waals surface area contributed by atoms with Gasteiger partial charge in [0.15, 0.2) is 0 Å². The summed E-state index contributed by atoms with van der Waals surface area (Å²) in [5.74, 6) is 0.987. The van der Waals surface area contributed by atoms with Crippen molar-refractivity contribution in [1.29, 1.82) is 0 Å². The van der Waals surface area contributed by atoms with Crippen molar-refractivity contribution in [2.24, 2.45) is 0 Å². The molecule has 0 aliphatic rings. The summed E-state index contributed by atoms with van der Waals surface area (Å²) in [4.78, 5) is 0. The Morgan fingerprint density at radius 1 is 1.25 bits per heavy atom. The second-order valence-electron chi connectivity index (χ2n) is 2.58. The fourth-order valence-electron chi connectivity index (χ4n) is 1.07. The quantitative estimate of drug-likeness (QED) is 0.770. The molecule has 0 aromatic heterocycles. The first-order chi connectivity index (χ1) is 5.76. The zero-order chi connectivity index (χ0) is 8.97. The molecule has 0 bridgehead atoms. The van der Waals surface area contributed by atoms with Gasteiger partial charge in [-0.25, -0.2) is 0 Å². The smallest absolute Gasteiger partial charge is 0.120 e. The summed E-state index contributed by atoms with van der Waals surface area (Å²) >= 11 is 2.31. The fourth-order valence-corrected chi connectivity index (χ4v) is 1.78. The van der Waals surface area contributed by atoms with Crippen molar-refractivity contribution in [3.05, 3.63) is 27.3 Å². The first-order valence-corrected chi connectivity index (χ1v) is 5.26. The van der Waals surface area contributed by atoms with Crippen LogP contribution < -0.4 is 4.74 Å². The number of hydrogen-bond acceptors (Lipinski definition) is 1. The molecule has 1 nitrogen and oxygen atoms in total. The van der Waals surface area contributed by atoms with Crippen molar-refractivity contribution in [2.75, 3.05) is 6.61 Å². The van der Waals surface area contributed by atoms with Crippen molar-refractivity contribution in [2.45, 2.75) is 20.3 Å². The molecule has 1 aromatic rings. The van der Waals surface area contributed by atoms with E-state index in [0.717, 1.165) is 18.8 Å². The lowest BCUT2D eigenvalue weighted by Crippen LogP contribution is -1.93. The summed E-state index contributed by atoms with van der Waals surface area (Å²) < 4.78 is 6.67. The molecule has 0 aliphatic carbocycles. The molecule has 0 saturated heterocycles. The molecule has 0 amide bonds. The molecule has 12 heavy (non-hydrogen) atoms. The zero-order valence-corrected chi connectivity index (χ0v) is 9.59. The molecule has 0 unspecified atom stereocenters. The van der Waals surface area contributed by atoms with Crippen LogP contribution in [0.4, 0.5) is 0 Å². The molecule has 66 valence electrons. The third-order valence-electron chi connectivity index (χ3n) is 1.65. The van der Waals surface area contributed by atoms with Crippen LogP contribution in [0.2, 0.25) is 0 Å². The Hall–Kier alpha value is -0.250. The van der Waals surface area contributed by atoms with Gasteiger partial charge in [0.2, 0.25) is 0 Å². The van der Waals surface area contributed by atoms with Crippen LogP contribution >= 0.6 is 22.6 Å². The summed E-state index contributed by atoms with van der Waals surface area (Å²) in [6.07, 6.45) is 1.07. The van der Waals surface area contributed by atoms with Gasteiger partial charge in [0, 0.05) is 3.57 Å². The molecular formula is C10H13IO. The number of halogens is 1. The summed E-state index contributed by atoms with van der Waals surface area (Å²) in [5, 5.41) is 0. The zero-order valence-electron chi connectivity index (χ0n) is 7.43. The van der Waals surface area contributed by atoms with E-state index in [1.165, 1.54) is 9.13 Å². The standard InChI is InChI=1S/C10H13IO/c1-3-8-5-9(11)7-10(6-8)12-4-2/h5-7H,3-4H2,1-2H3. The van der Waals surface area contributed by atoms with Gasteiger partial charge >= 0.3 is 0 Å². The van der Waals surface area contributed by atoms with E-state index in [1.807, 2.05) is 6.92 Å². The third kappa shape index (κ3) is 2.66. The van der Waals surface area contributed by atoms with Crippen LogP contribution in [0.3, 0.4) is 0 Å². The molecule has 0 aliphatic heterocycles. The monoisotopic (exact) mass is 276 g/mol. The second-order valence-corrected chi connectivity index (χ2v) is 3.83. The topological polar surface area (TPSA) is 9.23 Å². The summed E-state index contributed by atoms with van der Waals surface area (Å²) in [7, 11) is 0. The highest BCUT2D eigenvalue weighted by atomic mass is 127. The van der Waals surface area contributed by atoms with Crippen LogP contribution in [-0.2, 0) is 6.42 Å². The average Bonchev–Trinajstić information content (AvgIpc) is 2.04. The van der Waals surface area contributed by atoms with Crippen molar-refractivity contribution in [3.63, 3.8) is 0 Å². The van der Waals surface area contributed by atoms with Gasteiger partial charge in [-0.15, -0.1) is 0 Å². The molecule has 0 radical (unpaired) electrons. The largest absolute Gasteiger partial charge is 0.494 e. The van der Waals surface area contributed by atoms with E-state index in [2.05, 4.69) is 47.7 Å². The van der Waals surface area contributed by atoms with E-state index in [4.69, 9.17) is 4.74 Å². The molecule has 2 heteroatoms. The van der Waals surface area contributed by atoms with Crippen molar-refractivity contribution in [3.8, 4) is 5.75 Å². The Balaban J connectivity index is 2.90. The molecular weight excluding hydrogens is 263 g/mol. The molecule has 0 spiro atoms. The molecule has 1 rings (SSSR count). The number of ether oxygens (including phenoxy) is 1. The van der Waals surface area contributed by atoms with Crippen LogP contribution in [0.15, 0.2) is 18.2 Å². The van der Waals surface area contributed by atoms with E-state index in [9.17, 15) is 0 Å². The Bertz CT molecular complexity index is 258. The van der Waals surface area contributed by atoms with Gasteiger partial charge in [-0.1, -0.05) is 6.92 Å². The summed E-state index contributed by atoms with van der Waals surface area (Å²) in [5.41, 5.74) is 1.34. The van der Waals surface area contributed by atoms with Crippen LogP contribution in [0, 0.1) is 3.57 Å². The highest BCUT2D eigenvalue weighted by Gasteiger charge is 1.97. The lowest BCUT2D eigenvalue weighted by molar-refractivity contribution is 0.339. The summed E-state index contributed by atoms with van der Waals surface area (Å²) in [6, 6.07) is 6.35. The Morgan fingerprint density at radius 3 is 2.58 bits per heavy atom. The highest BCUT2D eigenvalue weighted by Crippen LogP contribution is 2.18. The van der Waals surface area contributed by atoms with Gasteiger partial charge in [-0.2, -0.15) is 0 Å². The average molecular weight is 276 g/mol. The van der Waals surface area contributed by atoms with Crippen LogP contribution in [0.1, 0.15) is 19.4 Å². The Kier molecular flexibility index (Phi) is 3.85. The van der Waals surface area contributed by atoms with Crippen LogP contribution in [0.25, 0.3) is 0 Å². The SMILES string of the molecule is CCOc1cc(I)cc(CC)c1. The van der Waals surface area contributed by atoms with Crippen molar-refractivity contribution in [1.82, 2.24) is 0 Å². The predicted octanol–water partition coefficient (Wildman–Crippen LogP) is 3.25. The van der Waals surface area contributed by atoms with Gasteiger partial charge in [-0.05, 0) is 59.7 Å². The third-order valence-corrected chi connectivity index (χ3v) is 2.27. The molecule has 0 saturated carbocycles. The molecule has 0 fully saturated rings. The molecule has 0 N–H and O–H groups in total. The van der Waals surface area contributed by atoms with E-state index in [-0.39, 0.29) is 0 Å². The normalized spacial score (nSPS) is 9.92. The summed E-state index contributed by atoms with van der Waals surface area (Å²) in [6.45, 7) is 4.90. The predicted molar refractivity (Wildman–Crippen MR) is 59.7 cm³/mol. The minimum absolute atomic E-state index is 0.739. The van der Waals surface area contributed by atoms with Gasteiger partial charge in [0.25, 0.3) is 0 Å². The number of aryl methyl sites for hydroxylation is 1. The highest BCUT2D eigenvalue weighted by molar-refractivity contribution is 14.1. The number of benzene rings is 1.